The van der Waals surface area contributed by atoms with Gasteiger partial charge in [-0.25, -0.2) is 4.79 Å². The standard InChI is InChI=1S/C7H7NO.C5H6N2O3/c8-7(9)6-4-2-1-3-5-6;1-2-3(5(8)9)4(6)10-7-2/h1-5H,(H2,8,9);6H2,1H3,(H,8,9). The van der Waals surface area contributed by atoms with Crippen LogP contribution in [0.2, 0.25) is 0 Å². The molecule has 7 nitrogen and oxygen atoms in total. The number of aromatic nitrogens is 1. The highest BCUT2D eigenvalue weighted by Crippen LogP contribution is 2.14. The van der Waals surface area contributed by atoms with E-state index in [0.29, 0.717) is 11.3 Å². The van der Waals surface area contributed by atoms with Crippen molar-refractivity contribution in [2.75, 3.05) is 5.73 Å². The molecule has 2 rings (SSSR count). The zero-order chi connectivity index (χ0) is 14.4. The molecule has 0 aliphatic rings. The van der Waals surface area contributed by atoms with E-state index in [1.807, 2.05) is 6.07 Å². The van der Waals surface area contributed by atoms with E-state index >= 15 is 0 Å². The third-order valence-electron chi connectivity index (χ3n) is 2.16. The molecule has 1 aromatic carbocycles. The summed E-state index contributed by atoms with van der Waals surface area (Å²) in [5.41, 5.74) is 10.9. The highest BCUT2D eigenvalue weighted by Gasteiger charge is 2.16. The van der Waals surface area contributed by atoms with Crippen molar-refractivity contribution >= 4 is 17.8 Å². The molecule has 0 bridgehead atoms. The van der Waals surface area contributed by atoms with E-state index in [1.165, 1.54) is 6.92 Å². The van der Waals surface area contributed by atoms with Gasteiger partial charge in [-0.1, -0.05) is 23.4 Å². The zero-order valence-electron chi connectivity index (χ0n) is 10.2. The fourth-order valence-corrected chi connectivity index (χ4v) is 1.25. The molecule has 0 aliphatic heterocycles. The van der Waals surface area contributed by atoms with E-state index in [2.05, 4.69) is 9.68 Å². The molecule has 2 aromatic rings. The van der Waals surface area contributed by atoms with E-state index in [1.54, 1.807) is 24.3 Å². The highest BCUT2D eigenvalue weighted by atomic mass is 16.5. The van der Waals surface area contributed by atoms with Crippen LogP contribution in [0.1, 0.15) is 26.4 Å². The molecule has 0 saturated carbocycles. The molecule has 0 saturated heterocycles. The fraction of sp³-hybridized carbons (Fsp3) is 0.0833. The molecule has 19 heavy (non-hydrogen) atoms. The molecule has 1 aromatic heterocycles. The second kappa shape index (κ2) is 6.20. The molecule has 0 aliphatic carbocycles. The van der Waals surface area contributed by atoms with Gasteiger partial charge < -0.3 is 21.1 Å². The Labute approximate surface area is 108 Å². The van der Waals surface area contributed by atoms with Crippen molar-refractivity contribution in [2.24, 2.45) is 5.73 Å². The molecule has 0 radical (unpaired) electrons. The molecule has 100 valence electrons. The van der Waals surface area contributed by atoms with Crippen molar-refractivity contribution in [1.82, 2.24) is 5.16 Å². The molecule has 5 N–H and O–H groups in total. The van der Waals surface area contributed by atoms with E-state index < -0.39 is 5.97 Å². The van der Waals surface area contributed by atoms with Crippen LogP contribution in [0.3, 0.4) is 0 Å². The predicted molar refractivity (Wildman–Crippen MR) is 67.6 cm³/mol. The van der Waals surface area contributed by atoms with Crippen LogP contribution in [0.4, 0.5) is 5.88 Å². The molecule has 7 heteroatoms. The first-order chi connectivity index (χ1) is 8.93. The summed E-state index contributed by atoms with van der Waals surface area (Å²) in [5.74, 6) is -1.64. The Morgan fingerprint density at radius 1 is 1.26 bits per heavy atom. The number of carboxylic acid groups (broad SMARTS) is 1. The number of carbonyl (C=O) groups is 2. The summed E-state index contributed by atoms with van der Waals surface area (Å²) < 4.78 is 4.40. The third kappa shape index (κ3) is 3.84. The highest BCUT2D eigenvalue weighted by molar-refractivity contribution is 5.93. The Balaban J connectivity index is 0.000000191. The van der Waals surface area contributed by atoms with Crippen LogP contribution in [0.25, 0.3) is 0 Å². The summed E-state index contributed by atoms with van der Waals surface area (Å²) >= 11 is 0. The maximum absolute atomic E-state index is 10.4. The number of hydrogen-bond acceptors (Lipinski definition) is 5. The van der Waals surface area contributed by atoms with Crippen LogP contribution < -0.4 is 11.5 Å². The van der Waals surface area contributed by atoms with Gasteiger partial charge in [-0.15, -0.1) is 0 Å². The lowest BCUT2D eigenvalue weighted by Gasteiger charge is -1.89. The number of hydrogen-bond donors (Lipinski definition) is 3. The first kappa shape index (κ1) is 14.2. The Hall–Kier alpha value is -2.83. The predicted octanol–water partition coefficient (Wildman–Crippen LogP) is 1.05. The molecular weight excluding hydrogens is 250 g/mol. The average Bonchev–Trinajstić information content (AvgIpc) is 2.71. The number of nitrogen functional groups attached to an aromatic ring is 1. The maximum Gasteiger partial charge on any atom is 0.343 e. The number of carbonyl (C=O) groups excluding carboxylic acids is 1. The third-order valence-corrected chi connectivity index (χ3v) is 2.16. The molecular formula is C12H13N3O4. The lowest BCUT2D eigenvalue weighted by molar-refractivity contribution is 0.0696. The second-order valence-corrected chi connectivity index (χ2v) is 3.54. The van der Waals surface area contributed by atoms with Gasteiger partial charge in [-0.05, 0) is 19.1 Å². The normalized spacial score (nSPS) is 9.32. The summed E-state index contributed by atoms with van der Waals surface area (Å²) in [6.45, 7) is 1.52. The first-order valence-electron chi connectivity index (χ1n) is 5.23. The van der Waals surface area contributed by atoms with Gasteiger partial charge in [0, 0.05) is 5.56 Å². The van der Waals surface area contributed by atoms with Crippen molar-refractivity contribution in [3.63, 3.8) is 0 Å². The second-order valence-electron chi connectivity index (χ2n) is 3.54. The van der Waals surface area contributed by atoms with Gasteiger partial charge in [0.05, 0.1) is 5.69 Å². The fourth-order valence-electron chi connectivity index (χ4n) is 1.25. The number of anilines is 1. The van der Waals surface area contributed by atoms with Crippen molar-refractivity contribution in [2.45, 2.75) is 6.92 Å². The topological polar surface area (TPSA) is 132 Å². The molecule has 0 unspecified atom stereocenters. The minimum Gasteiger partial charge on any atom is -0.477 e. The summed E-state index contributed by atoms with van der Waals surface area (Å²) in [7, 11) is 0. The average molecular weight is 263 g/mol. The maximum atomic E-state index is 10.4. The van der Waals surface area contributed by atoms with Gasteiger partial charge in [0.2, 0.25) is 11.8 Å². The Bertz CT molecular complexity index is 558. The summed E-state index contributed by atoms with van der Waals surface area (Å²) in [4.78, 5) is 20.7. The molecule has 0 atom stereocenters. The van der Waals surface area contributed by atoms with Gasteiger partial charge >= 0.3 is 5.97 Å². The number of amides is 1. The SMILES string of the molecule is Cc1noc(N)c1C(=O)O.NC(=O)c1ccccc1. The Morgan fingerprint density at radius 2 is 1.84 bits per heavy atom. The van der Waals surface area contributed by atoms with E-state index in [0.717, 1.165) is 0 Å². The number of rotatable bonds is 2. The van der Waals surface area contributed by atoms with Gasteiger partial charge in [0.1, 0.15) is 5.56 Å². The van der Waals surface area contributed by atoms with Gasteiger partial charge in [0.15, 0.2) is 0 Å². The minimum atomic E-state index is -1.11. The Kier molecular flexibility index (Phi) is 4.64. The van der Waals surface area contributed by atoms with Crippen molar-refractivity contribution < 1.29 is 19.2 Å². The monoisotopic (exact) mass is 263 g/mol. The quantitative estimate of drug-likeness (QED) is 0.741. The van der Waals surface area contributed by atoms with Gasteiger partial charge in [-0.2, -0.15) is 0 Å². The number of nitrogens with two attached hydrogens (primary N) is 2. The molecule has 0 fully saturated rings. The number of aryl methyl sites for hydroxylation is 1. The summed E-state index contributed by atoms with van der Waals surface area (Å²) in [6, 6.07) is 8.76. The van der Waals surface area contributed by atoms with Crippen LogP contribution in [0, 0.1) is 6.92 Å². The van der Waals surface area contributed by atoms with Crippen LogP contribution >= 0.6 is 0 Å². The minimum absolute atomic E-state index is 0.0556. The van der Waals surface area contributed by atoms with Crippen LogP contribution in [0.5, 0.6) is 0 Å². The lowest BCUT2D eigenvalue weighted by atomic mass is 10.2. The summed E-state index contributed by atoms with van der Waals surface area (Å²) in [5, 5.41) is 11.8. The number of benzene rings is 1. The van der Waals surface area contributed by atoms with Crippen molar-refractivity contribution in [3.8, 4) is 0 Å². The van der Waals surface area contributed by atoms with Crippen LogP contribution in [-0.2, 0) is 0 Å². The number of primary amides is 1. The number of carboxylic acids is 1. The zero-order valence-corrected chi connectivity index (χ0v) is 10.2. The number of aromatic carboxylic acids is 1. The van der Waals surface area contributed by atoms with Crippen LogP contribution in [0.15, 0.2) is 34.9 Å². The number of nitrogens with zero attached hydrogens (tertiary/aromatic N) is 1. The molecule has 0 spiro atoms. The van der Waals surface area contributed by atoms with Gasteiger partial charge in [-0.3, -0.25) is 4.79 Å². The van der Waals surface area contributed by atoms with Crippen molar-refractivity contribution in [1.29, 1.82) is 0 Å². The Morgan fingerprint density at radius 3 is 2.11 bits per heavy atom. The summed E-state index contributed by atoms with van der Waals surface area (Å²) in [6.07, 6.45) is 0. The van der Waals surface area contributed by atoms with Gasteiger partial charge in [0.25, 0.3) is 0 Å². The molecule has 1 amide bonds. The van der Waals surface area contributed by atoms with E-state index in [-0.39, 0.29) is 17.4 Å². The largest absolute Gasteiger partial charge is 0.477 e. The van der Waals surface area contributed by atoms with E-state index in [4.69, 9.17) is 16.6 Å². The smallest absolute Gasteiger partial charge is 0.343 e. The van der Waals surface area contributed by atoms with E-state index in [9.17, 15) is 9.59 Å². The first-order valence-corrected chi connectivity index (χ1v) is 5.23. The molecule has 1 heterocycles. The van der Waals surface area contributed by atoms with Crippen LogP contribution in [-0.4, -0.2) is 22.1 Å². The van der Waals surface area contributed by atoms with Crippen molar-refractivity contribution in [3.05, 3.63) is 47.2 Å². The lowest BCUT2D eigenvalue weighted by Crippen LogP contribution is -2.09.